The summed E-state index contributed by atoms with van der Waals surface area (Å²) in [5.74, 6) is -2.52. The molecule has 6 heteroatoms. The second-order valence-corrected chi connectivity index (χ2v) is 6.17. The molecule has 104 valence electrons. The Kier molecular flexibility index (Phi) is 3.85. The van der Waals surface area contributed by atoms with Crippen LogP contribution < -0.4 is 0 Å². The molecule has 0 aliphatic heterocycles. The number of hydrogen-bond acceptors (Lipinski definition) is 3. The van der Waals surface area contributed by atoms with E-state index in [4.69, 9.17) is 5.11 Å². The Hall–Kier alpha value is -2.21. The fourth-order valence-electron chi connectivity index (χ4n) is 1.81. The Labute approximate surface area is 115 Å². The smallest absolute Gasteiger partial charge is 0.335 e. The quantitative estimate of drug-likeness (QED) is 0.940. The number of carboxylic acid groups (broad SMARTS) is 1. The molecular weight excluding hydrogens is 283 g/mol. The predicted octanol–water partition coefficient (Wildman–Crippen LogP) is 2.50. The molecule has 2 rings (SSSR count). The van der Waals surface area contributed by atoms with Crippen LogP contribution in [0.5, 0.6) is 0 Å². The van der Waals surface area contributed by atoms with E-state index >= 15 is 0 Å². The lowest BCUT2D eigenvalue weighted by molar-refractivity contribution is 0.0696. The number of aromatic carboxylic acids is 1. The van der Waals surface area contributed by atoms with Crippen molar-refractivity contribution >= 4 is 15.8 Å². The molecule has 0 aliphatic rings. The van der Waals surface area contributed by atoms with Crippen molar-refractivity contribution < 1.29 is 22.7 Å². The fraction of sp³-hybridized carbons (Fsp3) is 0.0714. The van der Waals surface area contributed by atoms with E-state index in [1.54, 1.807) is 18.2 Å². The zero-order valence-electron chi connectivity index (χ0n) is 10.3. The molecule has 0 radical (unpaired) electrons. The number of hydrogen-bond donors (Lipinski definition) is 1. The Morgan fingerprint density at radius 3 is 2.35 bits per heavy atom. The van der Waals surface area contributed by atoms with Crippen molar-refractivity contribution in [3.8, 4) is 0 Å². The molecular formula is C14H11FO4S. The van der Waals surface area contributed by atoms with Crippen LogP contribution in [0, 0.1) is 5.82 Å². The first-order valence-corrected chi connectivity index (χ1v) is 7.35. The summed E-state index contributed by atoms with van der Waals surface area (Å²) < 4.78 is 37.5. The van der Waals surface area contributed by atoms with E-state index in [-0.39, 0.29) is 16.0 Å². The number of rotatable bonds is 4. The van der Waals surface area contributed by atoms with Gasteiger partial charge in [0, 0.05) is 0 Å². The van der Waals surface area contributed by atoms with E-state index in [0.717, 1.165) is 18.2 Å². The summed E-state index contributed by atoms with van der Waals surface area (Å²) in [5, 5.41) is 9.01. The maximum Gasteiger partial charge on any atom is 0.335 e. The van der Waals surface area contributed by atoms with Gasteiger partial charge < -0.3 is 5.11 Å². The van der Waals surface area contributed by atoms with Crippen LogP contribution in [0.15, 0.2) is 53.4 Å². The lowest BCUT2D eigenvalue weighted by atomic mass is 10.1. The van der Waals surface area contributed by atoms with Crippen molar-refractivity contribution in [1.82, 2.24) is 0 Å². The molecule has 0 saturated heterocycles. The van der Waals surface area contributed by atoms with Gasteiger partial charge in [0.1, 0.15) is 5.82 Å². The summed E-state index contributed by atoms with van der Waals surface area (Å²) in [6.07, 6.45) is 0. The maximum atomic E-state index is 13.2. The number of carbonyl (C=O) groups is 1. The summed E-state index contributed by atoms with van der Waals surface area (Å²) in [5.41, 5.74) is -0.285. The highest BCUT2D eigenvalue weighted by Crippen LogP contribution is 2.20. The van der Waals surface area contributed by atoms with Gasteiger partial charge in [0.25, 0.3) is 0 Å². The van der Waals surface area contributed by atoms with E-state index < -0.39 is 27.4 Å². The van der Waals surface area contributed by atoms with Crippen LogP contribution in [0.4, 0.5) is 4.39 Å². The zero-order chi connectivity index (χ0) is 14.8. The number of sulfone groups is 1. The van der Waals surface area contributed by atoms with Gasteiger partial charge in [-0.15, -0.1) is 0 Å². The first-order valence-electron chi connectivity index (χ1n) is 5.70. The van der Waals surface area contributed by atoms with Crippen LogP contribution >= 0.6 is 0 Å². The van der Waals surface area contributed by atoms with E-state index in [1.165, 1.54) is 12.1 Å². The molecule has 4 nitrogen and oxygen atoms in total. The molecule has 1 N–H and O–H groups in total. The van der Waals surface area contributed by atoms with Crippen LogP contribution in [-0.4, -0.2) is 19.5 Å². The Morgan fingerprint density at radius 2 is 1.75 bits per heavy atom. The molecule has 0 fully saturated rings. The second-order valence-electron chi connectivity index (χ2n) is 4.18. The molecule has 0 amide bonds. The van der Waals surface area contributed by atoms with Gasteiger partial charge >= 0.3 is 5.97 Å². The maximum absolute atomic E-state index is 13.2. The minimum absolute atomic E-state index is 0.0682. The van der Waals surface area contributed by atoms with Gasteiger partial charge in [-0.25, -0.2) is 17.6 Å². The Bertz CT molecular complexity index is 739. The van der Waals surface area contributed by atoms with Crippen LogP contribution in [0.1, 0.15) is 15.9 Å². The fourth-order valence-corrected chi connectivity index (χ4v) is 3.19. The second kappa shape index (κ2) is 5.42. The number of halogens is 1. The molecule has 0 unspecified atom stereocenters. The average molecular weight is 294 g/mol. The monoisotopic (exact) mass is 294 g/mol. The van der Waals surface area contributed by atoms with Crippen LogP contribution in [0.25, 0.3) is 0 Å². The zero-order valence-corrected chi connectivity index (χ0v) is 11.1. The molecule has 0 saturated carbocycles. The predicted molar refractivity (Wildman–Crippen MR) is 70.7 cm³/mol. The van der Waals surface area contributed by atoms with E-state index in [2.05, 4.69) is 0 Å². The van der Waals surface area contributed by atoms with Gasteiger partial charge in [-0.3, -0.25) is 0 Å². The van der Waals surface area contributed by atoms with Gasteiger partial charge in [-0.2, -0.15) is 0 Å². The third-order valence-electron chi connectivity index (χ3n) is 2.75. The minimum atomic E-state index is -3.72. The number of carboxylic acids is 1. The Balaban J connectivity index is 2.44. The molecule has 0 atom stereocenters. The summed E-state index contributed by atoms with van der Waals surface area (Å²) in [7, 11) is -3.72. The van der Waals surface area contributed by atoms with E-state index in [0.29, 0.717) is 0 Å². The highest BCUT2D eigenvalue weighted by Gasteiger charge is 2.20. The molecule has 0 heterocycles. The first-order chi connectivity index (χ1) is 9.40. The van der Waals surface area contributed by atoms with E-state index in [1.807, 2.05) is 0 Å². The van der Waals surface area contributed by atoms with E-state index in [9.17, 15) is 17.6 Å². The van der Waals surface area contributed by atoms with Gasteiger partial charge in [0.05, 0.1) is 16.2 Å². The molecule has 2 aromatic carbocycles. The summed E-state index contributed by atoms with van der Waals surface area (Å²) >= 11 is 0. The van der Waals surface area contributed by atoms with Crippen LogP contribution in [0.2, 0.25) is 0 Å². The van der Waals surface area contributed by atoms with Gasteiger partial charge in [0.2, 0.25) is 0 Å². The normalized spacial score (nSPS) is 11.2. The lowest BCUT2D eigenvalue weighted by Crippen LogP contribution is -2.10. The molecule has 0 aliphatic carbocycles. The highest BCUT2D eigenvalue weighted by molar-refractivity contribution is 7.90. The molecule has 2 aromatic rings. The van der Waals surface area contributed by atoms with Gasteiger partial charge in [-0.05, 0) is 35.9 Å². The summed E-state index contributed by atoms with van der Waals surface area (Å²) in [6, 6.07) is 10.6. The molecule has 0 bridgehead atoms. The SMILES string of the molecule is O=C(O)c1ccc(F)cc1CS(=O)(=O)c1ccccc1. The number of benzene rings is 2. The lowest BCUT2D eigenvalue weighted by Gasteiger charge is -2.08. The summed E-state index contributed by atoms with van der Waals surface area (Å²) in [4.78, 5) is 11.1. The van der Waals surface area contributed by atoms with Crippen molar-refractivity contribution in [2.75, 3.05) is 0 Å². The molecule has 0 aromatic heterocycles. The topological polar surface area (TPSA) is 71.4 Å². The van der Waals surface area contributed by atoms with Crippen molar-refractivity contribution in [2.24, 2.45) is 0 Å². The standard InChI is InChI=1S/C14H11FO4S/c15-11-6-7-13(14(16)17)10(8-11)9-20(18,19)12-4-2-1-3-5-12/h1-8H,9H2,(H,16,17). The largest absolute Gasteiger partial charge is 0.478 e. The average Bonchev–Trinajstić information content (AvgIpc) is 2.39. The van der Waals surface area contributed by atoms with Gasteiger partial charge in [0.15, 0.2) is 9.84 Å². The first kappa shape index (κ1) is 14.2. The Morgan fingerprint density at radius 1 is 1.10 bits per heavy atom. The van der Waals surface area contributed by atoms with Crippen molar-refractivity contribution in [3.05, 3.63) is 65.5 Å². The van der Waals surface area contributed by atoms with Gasteiger partial charge in [-0.1, -0.05) is 18.2 Å². The molecule has 0 spiro atoms. The highest BCUT2D eigenvalue weighted by atomic mass is 32.2. The minimum Gasteiger partial charge on any atom is -0.478 e. The third-order valence-corrected chi connectivity index (χ3v) is 4.43. The van der Waals surface area contributed by atoms with Crippen LogP contribution in [0.3, 0.4) is 0 Å². The van der Waals surface area contributed by atoms with Crippen molar-refractivity contribution in [2.45, 2.75) is 10.6 Å². The third kappa shape index (κ3) is 3.03. The van der Waals surface area contributed by atoms with Crippen molar-refractivity contribution in [1.29, 1.82) is 0 Å². The summed E-state index contributed by atoms with van der Waals surface area (Å²) in [6.45, 7) is 0. The van der Waals surface area contributed by atoms with Crippen molar-refractivity contribution in [3.63, 3.8) is 0 Å². The molecule has 20 heavy (non-hydrogen) atoms. The van der Waals surface area contributed by atoms with Crippen LogP contribution in [-0.2, 0) is 15.6 Å².